The molecular weight excluding hydrogens is 280 g/mol. The Morgan fingerprint density at radius 1 is 1.36 bits per heavy atom. The first-order valence-corrected chi connectivity index (χ1v) is 7.95. The topological polar surface area (TPSA) is 67.3 Å². The highest BCUT2D eigenvalue weighted by molar-refractivity contribution is 5.84. The Hall–Kier alpha value is -1.85. The third-order valence-electron chi connectivity index (χ3n) is 4.09. The fourth-order valence-corrected chi connectivity index (χ4v) is 2.96. The van der Waals surface area contributed by atoms with Gasteiger partial charge in [-0.2, -0.15) is 4.98 Å². The van der Waals surface area contributed by atoms with Crippen LogP contribution in [0, 0.1) is 6.92 Å². The average molecular weight is 306 g/mol. The van der Waals surface area contributed by atoms with E-state index < -0.39 is 5.54 Å². The van der Waals surface area contributed by atoms with E-state index in [0.29, 0.717) is 12.6 Å². The zero-order valence-corrected chi connectivity index (χ0v) is 14.0. The number of nitrogens with zero attached hydrogens (tertiary/aromatic N) is 3. The predicted molar refractivity (Wildman–Crippen MR) is 87.2 cm³/mol. The summed E-state index contributed by atoms with van der Waals surface area (Å²) < 4.78 is 5.29. The number of aromatic nitrogens is 2. The smallest absolute Gasteiger partial charge is 0.331 e. The molecule has 1 aromatic heterocycles. The molecule has 6 heteroatoms. The molecule has 22 heavy (non-hydrogen) atoms. The summed E-state index contributed by atoms with van der Waals surface area (Å²) in [5.41, 5.74) is 0.317. The highest BCUT2D eigenvalue weighted by atomic mass is 16.5. The highest BCUT2D eigenvalue weighted by Crippen LogP contribution is 2.32. The van der Waals surface area contributed by atoms with Crippen LogP contribution in [0.1, 0.15) is 44.6 Å². The standard InChI is InChI=1S/C16H26N4O2/c1-5-22-14(21)16(9-7-6-8-10-16)19-15-17-11-12(2)13(18-15)20(3)4/h11H,5-10H2,1-4H3,(H,17,18,19). The van der Waals surface area contributed by atoms with Crippen LogP contribution in [0.25, 0.3) is 0 Å². The fraction of sp³-hybridized carbons (Fsp3) is 0.688. The molecule has 0 radical (unpaired) electrons. The van der Waals surface area contributed by atoms with Crippen molar-refractivity contribution in [2.24, 2.45) is 0 Å². The van der Waals surface area contributed by atoms with Gasteiger partial charge in [0, 0.05) is 25.9 Å². The van der Waals surface area contributed by atoms with Gasteiger partial charge < -0.3 is 15.0 Å². The minimum atomic E-state index is -0.687. The maximum atomic E-state index is 12.5. The van der Waals surface area contributed by atoms with Gasteiger partial charge in [0.15, 0.2) is 0 Å². The summed E-state index contributed by atoms with van der Waals surface area (Å²) in [6.07, 6.45) is 6.49. The first-order valence-electron chi connectivity index (χ1n) is 7.95. The molecule has 1 N–H and O–H groups in total. The Bertz CT molecular complexity index is 525. The molecular formula is C16H26N4O2. The summed E-state index contributed by atoms with van der Waals surface area (Å²) in [5.74, 6) is 1.15. The van der Waals surface area contributed by atoms with Crippen LogP contribution in [0.3, 0.4) is 0 Å². The summed E-state index contributed by atoms with van der Waals surface area (Å²) in [7, 11) is 3.89. The maximum Gasteiger partial charge on any atom is 0.331 e. The first kappa shape index (κ1) is 16.5. The van der Waals surface area contributed by atoms with Crippen LogP contribution in [0.4, 0.5) is 11.8 Å². The number of anilines is 2. The Kier molecular flexibility index (Phi) is 5.21. The van der Waals surface area contributed by atoms with Crippen LogP contribution in [-0.4, -0.2) is 42.2 Å². The number of ether oxygens (including phenoxy) is 1. The van der Waals surface area contributed by atoms with E-state index in [4.69, 9.17) is 4.74 Å². The van der Waals surface area contributed by atoms with Gasteiger partial charge in [-0.05, 0) is 26.7 Å². The molecule has 122 valence electrons. The van der Waals surface area contributed by atoms with Crippen LogP contribution in [0.2, 0.25) is 0 Å². The first-order chi connectivity index (χ1) is 10.5. The van der Waals surface area contributed by atoms with Gasteiger partial charge in [0.2, 0.25) is 5.95 Å². The van der Waals surface area contributed by atoms with Gasteiger partial charge in [0.1, 0.15) is 11.4 Å². The lowest BCUT2D eigenvalue weighted by molar-refractivity contribution is -0.149. The summed E-state index contributed by atoms with van der Waals surface area (Å²) in [5, 5.41) is 3.28. The second-order valence-electron chi connectivity index (χ2n) is 6.08. The lowest BCUT2D eigenvalue weighted by Gasteiger charge is -2.35. The summed E-state index contributed by atoms with van der Waals surface area (Å²) in [6, 6.07) is 0. The number of esters is 1. The van der Waals surface area contributed by atoms with E-state index in [-0.39, 0.29) is 5.97 Å². The fourth-order valence-electron chi connectivity index (χ4n) is 2.96. The van der Waals surface area contributed by atoms with Crippen LogP contribution < -0.4 is 10.2 Å². The zero-order valence-electron chi connectivity index (χ0n) is 14.0. The third-order valence-corrected chi connectivity index (χ3v) is 4.09. The SMILES string of the molecule is CCOC(=O)C1(Nc2ncc(C)c(N(C)C)n2)CCCCC1. The van der Waals surface area contributed by atoms with Crippen molar-refractivity contribution in [1.29, 1.82) is 0 Å². The van der Waals surface area contributed by atoms with E-state index in [1.54, 1.807) is 6.20 Å². The lowest BCUT2D eigenvalue weighted by atomic mass is 9.81. The van der Waals surface area contributed by atoms with E-state index in [1.807, 2.05) is 32.8 Å². The van der Waals surface area contributed by atoms with Crippen molar-refractivity contribution >= 4 is 17.7 Å². The van der Waals surface area contributed by atoms with Crippen molar-refractivity contribution in [3.63, 3.8) is 0 Å². The Balaban J connectivity index is 2.27. The number of nitrogens with one attached hydrogen (secondary N) is 1. The van der Waals surface area contributed by atoms with Crippen LogP contribution in [-0.2, 0) is 9.53 Å². The quantitative estimate of drug-likeness (QED) is 0.843. The summed E-state index contributed by atoms with van der Waals surface area (Å²) in [6.45, 7) is 4.20. The van der Waals surface area contributed by atoms with E-state index in [2.05, 4.69) is 15.3 Å². The number of carbonyl (C=O) groups is 1. The molecule has 1 fully saturated rings. The Morgan fingerprint density at radius 3 is 2.64 bits per heavy atom. The number of carbonyl (C=O) groups excluding carboxylic acids is 1. The van der Waals surface area contributed by atoms with Crippen molar-refractivity contribution < 1.29 is 9.53 Å². The monoisotopic (exact) mass is 306 g/mol. The predicted octanol–water partition coefficient (Wildman–Crippen LogP) is 2.53. The average Bonchev–Trinajstić information content (AvgIpc) is 2.50. The van der Waals surface area contributed by atoms with E-state index in [0.717, 1.165) is 43.5 Å². The minimum absolute atomic E-state index is 0.190. The van der Waals surface area contributed by atoms with Crippen molar-refractivity contribution in [2.75, 3.05) is 30.9 Å². The Labute approximate surface area is 132 Å². The molecule has 0 saturated heterocycles. The lowest BCUT2D eigenvalue weighted by Crippen LogP contribution is -2.49. The summed E-state index contributed by atoms with van der Waals surface area (Å²) >= 11 is 0. The van der Waals surface area contributed by atoms with Gasteiger partial charge in [0.25, 0.3) is 0 Å². The van der Waals surface area contributed by atoms with Crippen molar-refractivity contribution in [3.05, 3.63) is 11.8 Å². The van der Waals surface area contributed by atoms with Gasteiger partial charge >= 0.3 is 5.97 Å². The van der Waals surface area contributed by atoms with Crippen molar-refractivity contribution in [2.45, 2.75) is 51.5 Å². The molecule has 0 atom stereocenters. The molecule has 1 aromatic rings. The second-order valence-corrected chi connectivity index (χ2v) is 6.08. The van der Waals surface area contributed by atoms with Gasteiger partial charge in [0.05, 0.1) is 6.61 Å². The van der Waals surface area contributed by atoms with E-state index >= 15 is 0 Å². The molecule has 1 aliphatic rings. The maximum absolute atomic E-state index is 12.5. The number of hydrogen-bond acceptors (Lipinski definition) is 6. The molecule has 1 saturated carbocycles. The number of rotatable bonds is 5. The molecule has 0 aliphatic heterocycles. The molecule has 1 heterocycles. The molecule has 0 unspecified atom stereocenters. The van der Waals surface area contributed by atoms with Gasteiger partial charge in [-0.15, -0.1) is 0 Å². The normalized spacial score (nSPS) is 16.9. The van der Waals surface area contributed by atoms with Gasteiger partial charge in [-0.3, -0.25) is 0 Å². The largest absolute Gasteiger partial charge is 0.464 e. The minimum Gasteiger partial charge on any atom is -0.464 e. The molecule has 0 aromatic carbocycles. The second kappa shape index (κ2) is 6.94. The van der Waals surface area contributed by atoms with Crippen molar-refractivity contribution in [3.8, 4) is 0 Å². The van der Waals surface area contributed by atoms with Crippen LogP contribution >= 0.6 is 0 Å². The summed E-state index contributed by atoms with van der Waals surface area (Å²) in [4.78, 5) is 23.3. The number of hydrogen-bond donors (Lipinski definition) is 1. The van der Waals surface area contributed by atoms with Crippen molar-refractivity contribution in [1.82, 2.24) is 9.97 Å². The molecule has 0 bridgehead atoms. The Morgan fingerprint density at radius 2 is 2.05 bits per heavy atom. The van der Waals surface area contributed by atoms with E-state index in [1.165, 1.54) is 0 Å². The molecule has 0 amide bonds. The van der Waals surface area contributed by atoms with E-state index in [9.17, 15) is 4.79 Å². The number of aryl methyl sites for hydroxylation is 1. The zero-order chi connectivity index (χ0) is 16.2. The van der Waals surface area contributed by atoms with Crippen LogP contribution in [0.5, 0.6) is 0 Å². The molecule has 0 spiro atoms. The molecule has 1 aliphatic carbocycles. The molecule has 2 rings (SSSR count). The van der Waals surface area contributed by atoms with Gasteiger partial charge in [-0.1, -0.05) is 19.3 Å². The van der Waals surface area contributed by atoms with Crippen LogP contribution in [0.15, 0.2) is 6.20 Å². The highest BCUT2D eigenvalue weighted by Gasteiger charge is 2.41. The molecule has 6 nitrogen and oxygen atoms in total. The van der Waals surface area contributed by atoms with Gasteiger partial charge in [-0.25, -0.2) is 9.78 Å². The third kappa shape index (κ3) is 3.48.